The molecule has 0 aliphatic rings. The molecule has 3 N–H and O–H groups in total. The molecule has 0 spiro atoms. The van der Waals surface area contributed by atoms with E-state index in [-0.39, 0.29) is 24.1 Å². The third-order valence-electron chi connectivity index (χ3n) is 8.13. The summed E-state index contributed by atoms with van der Waals surface area (Å²) in [4.78, 5) is 34.8. The molecule has 0 aromatic rings. The first-order valence-corrected chi connectivity index (χ1v) is 16.2. The molecule has 0 aromatic heterocycles. The van der Waals surface area contributed by atoms with Gasteiger partial charge in [0.1, 0.15) is 17.8 Å². The first-order chi connectivity index (χ1) is 19.0. The summed E-state index contributed by atoms with van der Waals surface area (Å²) in [5.74, 6) is -4.95. The van der Waals surface area contributed by atoms with E-state index in [9.17, 15) is 29.7 Å². The number of quaternary nitrogens is 1. The Balaban J connectivity index is 4.38. The van der Waals surface area contributed by atoms with Gasteiger partial charge in [-0.1, -0.05) is 109 Å². The molecule has 0 amide bonds. The van der Waals surface area contributed by atoms with Crippen molar-refractivity contribution in [1.82, 2.24) is 0 Å². The molecule has 0 aliphatic carbocycles. The van der Waals surface area contributed by atoms with Crippen molar-refractivity contribution in [3.8, 4) is 0 Å². The van der Waals surface area contributed by atoms with Gasteiger partial charge in [0.05, 0.1) is 26.2 Å². The van der Waals surface area contributed by atoms with Gasteiger partial charge in [-0.05, 0) is 39.7 Å². The molecule has 0 heterocycles. The minimum absolute atomic E-state index is 0.143. The lowest BCUT2D eigenvalue weighted by Crippen LogP contribution is -2.57. The van der Waals surface area contributed by atoms with Crippen molar-refractivity contribution in [2.75, 3.05) is 26.2 Å². The van der Waals surface area contributed by atoms with Crippen LogP contribution in [0, 0.1) is 17.8 Å². The monoisotopic (exact) mass is 568 g/mol. The average molecular weight is 569 g/mol. The Morgan fingerprint density at radius 3 is 1.12 bits per heavy atom. The highest BCUT2D eigenvalue weighted by Crippen LogP contribution is 2.21. The van der Waals surface area contributed by atoms with Gasteiger partial charge in [0.2, 0.25) is 0 Å². The summed E-state index contributed by atoms with van der Waals surface area (Å²) in [5.41, 5.74) is 0. The van der Waals surface area contributed by atoms with Gasteiger partial charge in [-0.25, -0.2) is 0 Å². The number of carboxylic acids is 3. The fourth-order valence-electron chi connectivity index (χ4n) is 5.65. The molecule has 7 nitrogen and oxygen atoms in total. The Morgan fingerprint density at radius 2 is 0.825 bits per heavy atom. The number of nitrogens with zero attached hydrogens (tertiary/aromatic N) is 1. The van der Waals surface area contributed by atoms with Crippen molar-refractivity contribution < 1.29 is 34.2 Å². The van der Waals surface area contributed by atoms with E-state index in [4.69, 9.17) is 0 Å². The number of hydrogen-bond acceptors (Lipinski definition) is 3. The highest BCUT2D eigenvalue weighted by atomic mass is 16.4. The molecular weight excluding hydrogens is 506 g/mol. The van der Waals surface area contributed by atoms with Crippen LogP contribution in [0.25, 0.3) is 0 Å². The van der Waals surface area contributed by atoms with Gasteiger partial charge in [0.15, 0.2) is 0 Å². The Kier molecular flexibility index (Phi) is 22.7. The van der Waals surface area contributed by atoms with Gasteiger partial charge in [0, 0.05) is 0 Å². The summed E-state index contributed by atoms with van der Waals surface area (Å²) in [6.45, 7) is 8.12. The van der Waals surface area contributed by atoms with Crippen LogP contribution in [0.2, 0.25) is 0 Å². The molecule has 0 fully saturated rings. The lowest BCUT2D eigenvalue weighted by Gasteiger charge is -2.41. The van der Waals surface area contributed by atoms with E-state index in [1.165, 1.54) is 96.3 Å². The standard InChI is InChI=1S/C33H61NO6/c1-5-6-7-8-9-10-11-12-13-14-15-16-17-18-19-20-21-22-23-24-34(25-28(2)31(35)36,26-29(3)32(37)38)27-30(4)33(39)40/h22-23,28-30H,5-21,24-27H2,1-4H3,(H2-,35,36,37,38,39,40)/p+1/b23-22+. The Labute approximate surface area is 245 Å². The zero-order valence-corrected chi connectivity index (χ0v) is 26.2. The zero-order chi connectivity index (χ0) is 30.2. The molecule has 0 saturated carbocycles. The second kappa shape index (κ2) is 23.8. The first-order valence-electron chi connectivity index (χ1n) is 16.2. The number of allylic oxidation sites excluding steroid dienone is 1. The van der Waals surface area contributed by atoms with Crippen molar-refractivity contribution in [3.63, 3.8) is 0 Å². The van der Waals surface area contributed by atoms with Crippen molar-refractivity contribution in [2.24, 2.45) is 17.8 Å². The molecule has 0 saturated heterocycles. The average Bonchev–Trinajstić information content (AvgIpc) is 2.89. The maximum absolute atomic E-state index is 11.6. The van der Waals surface area contributed by atoms with Gasteiger partial charge in [0.25, 0.3) is 0 Å². The predicted octanol–water partition coefficient (Wildman–Crippen LogP) is 8.17. The van der Waals surface area contributed by atoms with Gasteiger partial charge < -0.3 is 19.8 Å². The molecule has 0 rings (SSSR count). The lowest BCUT2D eigenvalue weighted by molar-refractivity contribution is -0.928. The Bertz CT molecular complexity index is 652. The number of rotatable bonds is 28. The minimum Gasteiger partial charge on any atom is -0.481 e. The van der Waals surface area contributed by atoms with E-state index in [1.54, 1.807) is 20.8 Å². The maximum Gasteiger partial charge on any atom is 0.311 e. The number of aliphatic carboxylic acids is 3. The van der Waals surface area contributed by atoms with Crippen LogP contribution in [-0.2, 0) is 14.4 Å². The second-order valence-corrected chi connectivity index (χ2v) is 12.4. The molecular formula is C33H62NO6+. The smallest absolute Gasteiger partial charge is 0.311 e. The van der Waals surface area contributed by atoms with Gasteiger partial charge >= 0.3 is 17.9 Å². The molecule has 234 valence electrons. The van der Waals surface area contributed by atoms with E-state index in [1.807, 2.05) is 6.08 Å². The van der Waals surface area contributed by atoms with E-state index in [0.29, 0.717) is 6.54 Å². The SMILES string of the molecule is CCCCCCCCCCCCCCCCCC/C=C/C[N+](CC(C)C(=O)O)(CC(C)C(=O)O)CC(C)C(=O)O. The molecule has 0 bridgehead atoms. The van der Waals surface area contributed by atoms with Crippen LogP contribution in [-0.4, -0.2) is 63.9 Å². The third-order valence-corrected chi connectivity index (χ3v) is 8.13. The quantitative estimate of drug-likeness (QED) is 0.0498. The van der Waals surface area contributed by atoms with Gasteiger partial charge in [-0.2, -0.15) is 0 Å². The number of carboxylic acid groups (broad SMARTS) is 3. The highest BCUT2D eigenvalue weighted by molar-refractivity contribution is 5.70. The number of unbranched alkanes of at least 4 members (excludes halogenated alkanes) is 16. The van der Waals surface area contributed by atoms with Crippen molar-refractivity contribution in [2.45, 2.75) is 137 Å². The number of carbonyl (C=O) groups is 3. The normalized spacial score (nSPS) is 15.5. The summed E-state index contributed by atoms with van der Waals surface area (Å²) in [6, 6.07) is 0. The van der Waals surface area contributed by atoms with Crippen LogP contribution in [0.5, 0.6) is 0 Å². The molecule has 3 unspecified atom stereocenters. The molecule has 40 heavy (non-hydrogen) atoms. The van der Waals surface area contributed by atoms with Crippen LogP contribution >= 0.6 is 0 Å². The van der Waals surface area contributed by atoms with E-state index < -0.39 is 35.7 Å². The summed E-state index contributed by atoms with van der Waals surface area (Å²) >= 11 is 0. The van der Waals surface area contributed by atoms with Crippen LogP contribution in [0.4, 0.5) is 0 Å². The zero-order valence-electron chi connectivity index (χ0n) is 26.2. The van der Waals surface area contributed by atoms with E-state index in [0.717, 1.165) is 12.8 Å². The first kappa shape index (κ1) is 38.1. The van der Waals surface area contributed by atoms with Crippen molar-refractivity contribution in [3.05, 3.63) is 12.2 Å². The van der Waals surface area contributed by atoms with Gasteiger partial charge in [-0.3, -0.25) is 14.4 Å². The summed E-state index contributed by atoms with van der Waals surface area (Å²) < 4.78 is 0.143. The molecule has 0 aliphatic heterocycles. The Morgan fingerprint density at radius 1 is 0.525 bits per heavy atom. The van der Waals surface area contributed by atoms with Crippen LogP contribution < -0.4 is 0 Å². The highest BCUT2D eigenvalue weighted by Gasteiger charge is 2.37. The summed E-state index contributed by atoms with van der Waals surface area (Å²) in [7, 11) is 0. The fourth-order valence-corrected chi connectivity index (χ4v) is 5.65. The lowest BCUT2D eigenvalue weighted by atomic mass is 10.0. The van der Waals surface area contributed by atoms with Crippen LogP contribution in [0.15, 0.2) is 12.2 Å². The summed E-state index contributed by atoms with van der Waals surface area (Å²) in [5, 5.41) is 28.5. The van der Waals surface area contributed by atoms with Crippen LogP contribution in [0.1, 0.15) is 137 Å². The molecule has 0 aromatic carbocycles. The van der Waals surface area contributed by atoms with E-state index >= 15 is 0 Å². The van der Waals surface area contributed by atoms with Crippen LogP contribution in [0.3, 0.4) is 0 Å². The fraction of sp³-hybridized carbons (Fsp3) is 0.848. The minimum atomic E-state index is -0.953. The summed E-state index contributed by atoms with van der Waals surface area (Å²) in [6.07, 6.45) is 26.4. The Hall–Kier alpha value is -1.89. The second-order valence-electron chi connectivity index (χ2n) is 12.4. The predicted molar refractivity (Wildman–Crippen MR) is 163 cm³/mol. The third kappa shape index (κ3) is 20.1. The maximum atomic E-state index is 11.6. The van der Waals surface area contributed by atoms with Crippen molar-refractivity contribution in [1.29, 1.82) is 0 Å². The van der Waals surface area contributed by atoms with Gasteiger partial charge in [-0.15, -0.1) is 0 Å². The van der Waals surface area contributed by atoms with E-state index in [2.05, 4.69) is 13.0 Å². The molecule has 0 radical (unpaired) electrons. The molecule has 3 atom stereocenters. The topological polar surface area (TPSA) is 112 Å². The van der Waals surface area contributed by atoms with Crippen molar-refractivity contribution >= 4 is 17.9 Å². The largest absolute Gasteiger partial charge is 0.481 e. The molecule has 7 heteroatoms. The number of hydrogen-bond donors (Lipinski definition) is 3.